The predicted octanol–water partition coefficient (Wildman–Crippen LogP) is 1.21. The molecular formula is C7H8F3N3. The maximum absolute atomic E-state index is 12.3. The number of aromatic nitrogens is 2. The van der Waals surface area contributed by atoms with Gasteiger partial charge < -0.3 is 5.32 Å². The van der Waals surface area contributed by atoms with Crippen LogP contribution in [0.5, 0.6) is 0 Å². The van der Waals surface area contributed by atoms with Crippen LogP contribution in [0, 0.1) is 0 Å². The van der Waals surface area contributed by atoms with Gasteiger partial charge in [0, 0.05) is 18.3 Å². The van der Waals surface area contributed by atoms with Gasteiger partial charge in [0.2, 0.25) is 0 Å². The van der Waals surface area contributed by atoms with Crippen molar-refractivity contribution in [3.63, 3.8) is 0 Å². The summed E-state index contributed by atoms with van der Waals surface area (Å²) in [4.78, 5) is 6.72. The number of rotatable bonds is 2. The third-order valence-electron chi connectivity index (χ3n) is 1.42. The Kier molecular flexibility index (Phi) is 2.82. The van der Waals surface area contributed by atoms with Crippen LogP contribution in [0.25, 0.3) is 0 Å². The first-order chi connectivity index (χ1) is 6.05. The average Bonchev–Trinajstić information content (AvgIpc) is 2.04. The molecule has 0 aliphatic carbocycles. The van der Waals surface area contributed by atoms with E-state index in [0.717, 1.165) is 12.5 Å². The molecule has 1 rings (SSSR count). The summed E-state index contributed by atoms with van der Waals surface area (Å²) in [5, 5.41) is 2.62. The summed E-state index contributed by atoms with van der Waals surface area (Å²) < 4.78 is 36.8. The fourth-order valence-electron chi connectivity index (χ4n) is 0.933. The van der Waals surface area contributed by atoms with Crippen LogP contribution in [-0.4, -0.2) is 17.0 Å². The summed E-state index contributed by atoms with van der Waals surface area (Å²) in [6.45, 7) is 0.107. The lowest BCUT2D eigenvalue weighted by molar-refractivity contribution is -0.142. The van der Waals surface area contributed by atoms with E-state index in [1.165, 1.54) is 0 Å². The minimum absolute atomic E-state index is 0.0532. The second-order valence-electron chi connectivity index (χ2n) is 2.42. The van der Waals surface area contributed by atoms with Crippen molar-refractivity contribution in [2.45, 2.75) is 12.7 Å². The van der Waals surface area contributed by atoms with Crippen LogP contribution in [0.1, 0.15) is 11.3 Å². The zero-order valence-electron chi connectivity index (χ0n) is 6.89. The van der Waals surface area contributed by atoms with E-state index in [1.807, 2.05) is 0 Å². The molecule has 0 aliphatic heterocycles. The highest BCUT2D eigenvalue weighted by Gasteiger charge is 2.34. The number of halogens is 3. The highest BCUT2D eigenvalue weighted by atomic mass is 19.4. The minimum atomic E-state index is -4.41. The van der Waals surface area contributed by atoms with Crippen molar-refractivity contribution in [3.05, 3.63) is 23.8 Å². The fraction of sp³-hybridized carbons (Fsp3) is 0.429. The first kappa shape index (κ1) is 9.91. The Hall–Kier alpha value is -1.17. The molecule has 0 spiro atoms. The van der Waals surface area contributed by atoms with Crippen molar-refractivity contribution in [1.29, 1.82) is 0 Å². The number of hydrogen-bond acceptors (Lipinski definition) is 3. The topological polar surface area (TPSA) is 37.8 Å². The first-order valence-electron chi connectivity index (χ1n) is 3.56. The standard InChI is InChI=1S/C7H8F3N3/c1-11-2-5-3-12-4-13-6(5)7(8,9)10/h3-4,11H,2H2,1H3. The van der Waals surface area contributed by atoms with Crippen LogP contribution >= 0.6 is 0 Å². The van der Waals surface area contributed by atoms with Crippen molar-refractivity contribution >= 4 is 0 Å². The summed E-state index contributed by atoms with van der Waals surface area (Å²) in [7, 11) is 1.56. The molecule has 0 radical (unpaired) electrons. The summed E-state index contributed by atoms with van der Waals surface area (Å²) in [6, 6.07) is 0. The molecule has 0 saturated heterocycles. The van der Waals surface area contributed by atoms with Crippen molar-refractivity contribution in [3.8, 4) is 0 Å². The van der Waals surface area contributed by atoms with Gasteiger partial charge in [-0.2, -0.15) is 13.2 Å². The number of nitrogens with zero attached hydrogens (tertiary/aromatic N) is 2. The van der Waals surface area contributed by atoms with Gasteiger partial charge in [0.15, 0.2) is 5.69 Å². The van der Waals surface area contributed by atoms with E-state index in [0.29, 0.717) is 0 Å². The summed E-state index contributed by atoms with van der Waals surface area (Å²) in [5.74, 6) is 0. The Morgan fingerprint density at radius 2 is 2.15 bits per heavy atom. The van der Waals surface area contributed by atoms with Gasteiger partial charge in [0.25, 0.3) is 0 Å². The van der Waals surface area contributed by atoms with Crippen LogP contribution in [0.15, 0.2) is 12.5 Å². The molecule has 72 valence electrons. The van der Waals surface area contributed by atoms with E-state index < -0.39 is 11.9 Å². The van der Waals surface area contributed by atoms with E-state index in [-0.39, 0.29) is 12.1 Å². The lowest BCUT2D eigenvalue weighted by atomic mass is 10.2. The molecular weight excluding hydrogens is 183 g/mol. The highest BCUT2D eigenvalue weighted by molar-refractivity contribution is 5.18. The molecule has 6 heteroatoms. The molecule has 0 amide bonds. The number of hydrogen-bond donors (Lipinski definition) is 1. The van der Waals surface area contributed by atoms with Gasteiger partial charge in [-0.05, 0) is 7.05 Å². The second kappa shape index (κ2) is 3.69. The smallest absolute Gasteiger partial charge is 0.316 e. The van der Waals surface area contributed by atoms with Gasteiger partial charge >= 0.3 is 6.18 Å². The molecule has 1 heterocycles. The van der Waals surface area contributed by atoms with Crippen LogP contribution in [0.2, 0.25) is 0 Å². The van der Waals surface area contributed by atoms with Crippen molar-refractivity contribution < 1.29 is 13.2 Å². The van der Waals surface area contributed by atoms with Crippen molar-refractivity contribution in [1.82, 2.24) is 15.3 Å². The van der Waals surface area contributed by atoms with Crippen LogP contribution in [0.4, 0.5) is 13.2 Å². The maximum atomic E-state index is 12.3. The van der Waals surface area contributed by atoms with Crippen molar-refractivity contribution in [2.75, 3.05) is 7.05 Å². The Balaban J connectivity index is 3.05. The number of alkyl halides is 3. The maximum Gasteiger partial charge on any atom is 0.433 e. The number of nitrogens with one attached hydrogen (secondary N) is 1. The third kappa shape index (κ3) is 2.38. The second-order valence-corrected chi connectivity index (χ2v) is 2.42. The summed E-state index contributed by atoms with van der Waals surface area (Å²) >= 11 is 0. The van der Waals surface area contributed by atoms with E-state index in [9.17, 15) is 13.2 Å². The molecule has 0 saturated carbocycles. The summed E-state index contributed by atoms with van der Waals surface area (Å²) in [6.07, 6.45) is -2.36. The molecule has 1 aromatic rings. The minimum Gasteiger partial charge on any atom is -0.316 e. The molecule has 0 fully saturated rings. The normalized spacial score (nSPS) is 11.7. The van der Waals surface area contributed by atoms with Gasteiger partial charge in [-0.1, -0.05) is 0 Å². The zero-order chi connectivity index (χ0) is 9.90. The van der Waals surface area contributed by atoms with Gasteiger partial charge in [0.1, 0.15) is 6.33 Å². The average molecular weight is 191 g/mol. The predicted molar refractivity (Wildman–Crippen MR) is 39.8 cm³/mol. The molecule has 3 nitrogen and oxygen atoms in total. The Morgan fingerprint density at radius 3 is 2.69 bits per heavy atom. The SMILES string of the molecule is CNCc1cncnc1C(F)(F)F. The van der Waals surface area contributed by atoms with Gasteiger partial charge in [0.05, 0.1) is 0 Å². The molecule has 0 aromatic carbocycles. The monoisotopic (exact) mass is 191 g/mol. The van der Waals surface area contributed by atoms with Crippen molar-refractivity contribution in [2.24, 2.45) is 0 Å². The van der Waals surface area contributed by atoms with E-state index in [4.69, 9.17) is 0 Å². The van der Waals surface area contributed by atoms with E-state index in [1.54, 1.807) is 7.05 Å². The van der Waals surface area contributed by atoms with E-state index >= 15 is 0 Å². The van der Waals surface area contributed by atoms with Gasteiger partial charge in [-0.15, -0.1) is 0 Å². The first-order valence-corrected chi connectivity index (χ1v) is 3.56. The molecule has 0 aliphatic rings. The Bertz CT molecular complexity index is 285. The van der Waals surface area contributed by atoms with Crippen LogP contribution in [-0.2, 0) is 12.7 Å². The molecule has 0 unspecified atom stereocenters. The Morgan fingerprint density at radius 1 is 1.46 bits per heavy atom. The zero-order valence-corrected chi connectivity index (χ0v) is 6.89. The summed E-state index contributed by atoms with van der Waals surface area (Å²) in [5.41, 5.74) is -0.825. The fourth-order valence-corrected chi connectivity index (χ4v) is 0.933. The molecule has 1 aromatic heterocycles. The van der Waals surface area contributed by atoms with Gasteiger partial charge in [-0.3, -0.25) is 0 Å². The highest BCUT2D eigenvalue weighted by Crippen LogP contribution is 2.29. The molecule has 13 heavy (non-hydrogen) atoms. The van der Waals surface area contributed by atoms with E-state index in [2.05, 4.69) is 15.3 Å². The molecule has 0 bridgehead atoms. The molecule has 0 atom stereocenters. The Labute approximate surface area is 73.0 Å². The quantitative estimate of drug-likeness (QED) is 0.763. The van der Waals surface area contributed by atoms with Gasteiger partial charge in [-0.25, -0.2) is 9.97 Å². The van der Waals surface area contributed by atoms with Crippen LogP contribution in [0.3, 0.4) is 0 Å². The third-order valence-corrected chi connectivity index (χ3v) is 1.42. The largest absolute Gasteiger partial charge is 0.433 e. The van der Waals surface area contributed by atoms with Crippen LogP contribution < -0.4 is 5.32 Å². The lowest BCUT2D eigenvalue weighted by Gasteiger charge is -2.09. The molecule has 1 N–H and O–H groups in total. The lowest BCUT2D eigenvalue weighted by Crippen LogP contribution is -2.16.